The number of carbonyl (C=O) groups excluding carboxylic acids is 5. The van der Waals surface area contributed by atoms with Crippen LogP contribution in [0.1, 0.15) is 106 Å². The van der Waals surface area contributed by atoms with E-state index >= 15 is 0 Å². The van der Waals surface area contributed by atoms with Crippen molar-refractivity contribution in [3.8, 4) is 5.75 Å². The smallest absolute Gasteiger partial charge is 0.262 e. The Morgan fingerprint density at radius 2 is 1.53 bits per heavy atom. The Bertz CT molecular complexity index is 2050. The molecule has 3 aromatic rings. The van der Waals surface area contributed by atoms with E-state index in [1.165, 1.54) is 0 Å². The first-order chi connectivity index (χ1) is 26.6. The van der Waals surface area contributed by atoms with Crippen molar-refractivity contribution in [3.05, 3.63) is 98.9 Å². The average molecular weight is 763 g/mol. The van der Waals surface area contributed by atoms with Gasteiger partial charge in [-0.3, -0.25) is 39.1 Å². The second-order valence-electron chi connectivity index (χ2n) is 15.4. The third-order valence-electron chi connectivity index (χ3n) is 12.1. The summed E-state index contributed by atoms with van der Waals surface area (Å²) in [6.07, 6.45) is 7.67. The lowest BCUT2D eigenvalue weighted by molar-refractivity contribution is -0.136. The number of rotatable bonds is 8. The van der Waals surface area contributed by atoms with E-state index < -0.39 is 29.7 Å². The molecule has 13 heteroatoms. The summed E-state index contributed by atoms with van der Waals surface area (Å²) in [5, 5.41) is 5.92. The van der Waals surface area contributed by atoms with Crippen molar-refractivity contribution >= 4 is 52.5 Å². The van der Waals surface area contributed by atoms with Crippen molar-refractivity contribution in [2.24, 2.45) is 0 Å². The summed E-state index contributed by atoms with van der Waals surface area (Å²) in [4.78, 5) is 72.9. The van der Waals surface area contributed by atoms with E-state index in [0.717, 1.165) is 78.8 Å². The molecular formula is C42H43ClN6O6. The Hall–Kier alpha value is -5.25. The molecule has 1 atom stereocenters. The quantitative estimate of drug-likeness (QED) is 0.206. The highest BCUT2D eigenvalue weighted by Gasteiger charge is 2.45. The molecule has 3 aliphatic heterocycles. The zero-order valence-corrected chi connectivity index (χ0v) is 31.4. The largest absolute Gasteiger partial charge is 0.490 e. The fraction of sp³-hybridized carbons (Fsp3) is 0.429. The van der Waals surface area contributed by atoms with Crippen molar-refractivity contribution in [3.63, 3.8) is 0 Å². The maximum absolute atomic E-state index is 13.3. The van der Waals surface area contributed by atoms with Crippen LogP contribution < -0.4 is 20.3 Å². The molecule has 0 bridgehead atoms. The predicted molar refractivity (Wildman–Crippen MR) is 205 cm³/mol. The zero-order chi connectivity index (χ0) is 38.4. The summed E-state index contributed by atoms with van der Waals surface area (Å²) in [6.45, 7) is 8.60. The van der Waals surface area contributed by atoms with Crippen LogP contribution in [0.25, 0.3) is 4.85 Å². The van der Waals surface area contributed by atoms with Gasteiger partial charge in [-0.1, -0.05) is 17.7 Å². The number of benzene rings is 3. The SMILES string of the molecule is [C-]#[N+]c1ccc(N(C)C2CCC(NC(=O)c3ccc(OC4CCC(N5Cc6cc7c(cc6C5)C(=O)N(C5CCC(=O)NC5=O)C7=O)CC4)cc3)CC2)cc1Cl. The Balaban J connectivity index is 0.784. The molecule has 5 amide bonds. The molecule has 1 unspecified atom stereocenters. The Morgan fingerprint density at radius 3 is 2.13 bits per heavy atom. The number of anilines is 1. The van der Waals surface area contributed by atoms with Crippen molar-refractivity contribution in [1.29, 1.82) is 0 Å². The van der Waals surface area contributed by atoms with E-state index in [2.05, 4.69) is 32.3 Å². The number of carbonyl (C=O) groups is 5. The van der Waals surface area contributed by atoms with Gasteiger partial charge in [-0.15, -0.1) is 0 Å². The third kappa shape index (κ3) is 7.31. The third-order valence-corrected chi connectivity index (χ3v) is 12.4. The molecule has 284 valence electrons. The summed E-state index contributed by atoms with van der Waals surface area (Å²) in [5.74, 6) is -1.28. The number of fused-ring (bicyclic) bond motifs is 2. The van der Waals surface area contributed by atoms with Crippen molar-refractivity contribution in [2.75, 3.05) is 11.9 Å². The molecule has 5 aliphatic rings. The molecule has 0 spiro atoms. The molecular weight excluding hydrogens is 720 g/mol. The van der Waals surface area contributed by atoms with E-state index in [1.54, 1.807) is 6.07 Å². The minimum absolute atomic E-state index is 0.0770. The Morgan fingerprint density at radius 1 is 0.873 bits per heavy atom. The van der Waals surface area contributed by atoms with Gasteiger partial charge in [0.15, 0.2) is 0 Å². The second-order valence-corrected chi connectivity index (χ2v) is 15.8. The average Bonchev–Trinajstić information content (AvgIpc) is 3.71. The second kappa shape index (κ2) is 15.1. The van der Waals surface area contributed by atoms with Crippen LogP contribution in [0.2, 0.25) is 5.02 Å². The molecule has 3 fully saturated rings. The summed E-state index contributed by atoms with van der Waals surface area (Å²) in [7, 11) is 2.05. The Labute approximate surface area is 324 Å². The van der Waals surface area contributed by atoms with Gasteiger partial charge in [0.1, 0.15) is 11.8 Å². The highest BCUT2D eigenvalue weighted by Crippen LogP contribution is 2.37. The Kier molecular flexibility index (Phi) is 10.1. The standard InChI is InChI=1S/C42H43ClN6O6/c1-44-36-16-11-30(21-35(36)43)47(2)28-7-5-27(6-8-28)45-39(51)24-3-12-31(13-4-24)55-32-14-9-29(10-15-32)48-22-25-19-33-34(20-26(25)23-48)42(54)49(41(33)53)37-17-18-38(50)46-40(37)52/h3-4,11-13,16,19-21,27-29,32,37H,5-10,14-15,17-18,22-23H2,2H3,(H,45,51)(H,46,50,52). The van der Waals surface area contributed by atoms with E-state index in [0.29, 0.717) is 52.6 Å². The summed E-state index contributed by atoms with van der Waals surface area (Å²) in [5.41, 5.74) is 4.76. The minimum atomic E-state index is -0.967. The van der Waals surface area contributed by atoms with Gasteiger partial charge in [0.25, 0.3) is 17.7 Å². The number of nitrogens with zero attached hydrogens (tertiary/aromatic N) is 4. The minimum Gasteiger partial charge on any atom is -0.490 e. The van der Waals surface area contributed by atoms with Crippen LogP contribution in [0.4, 0.5) is 11.4 Å². The van der Waals surface area contributed by atoms with Crippen LogP contribution >= 0.6 is 11.6 Å². The number of imide groups is 2. The monoisotopic (exact) mass is 762 g/mol. The normalized spacial score (nSPS) is 25.2. The fourth-order valence-corrected chi connectivity index (χ4v) is 9.17. The van der Waals surface area contributed by atoms with Crippen LogP contribution in [0, 0.1) is 6.57 Å². The van der Waals surface area contributed by atoms with Gasteiger partial charge in [0.2, 0.25) is 17.5 Å². The van der Waals surface area contributed by atoms with Crippen molar-refractivity contribution in [2.45, 2.75) is 108 Å². The molecule has 2 N–H and O–H groups in total. The number of piperidine rings is 1. The molecule has 0 aromatic heterocycles. The summed E-state index contributed by atoms with van der Waals surface area (Å²) >= 11 is 6.27. The van der Waals surface area contributed by atoms with Crippen LogP contribution in [-0.4, -0.2) is 76.7 Å². The van der Waals surface area contributed by atoms with E-state index in [1.807, 2.05) is 48.5 Å². The molecule has 2 saturated carbocycles. The molecule has 12 nitrogen and oxygen atoms in total. The lowest BCUT2D eigenvalue weighted by Crippen LogP contribution is -2.54. The van der Waals surface area contributed by atoms with Gasteiger partial charge >= 0.3 is 0 Å². The first kappa shape index (κ1) is 36.7. The molecule has 3 heterocycles. The zero-order valence-electron chi connectivity index (χ0n) is 30.7. The number of halogens is 1. The molecule has 0 radical (unpaired) electrons. The van der Waals surface area contributed by atoms with Crippen molar-refractivity contribution < 1.29 is 28.7 Å². The van der Waals surface area contributed by atoms with Crippen LogP contribution in [0.3, 0.4) is 0 Å². The number of amides is 5. The van der Waals surface area contributed by atoms with E-state index in [9.17, 15) is 24.0 Å². The number of ether oxygens (including phenoxy) is 1. The molecule has 55 heavy (non-hydrogen) atoms. The maximum Gasteiger partial charge on any atom is 0.262 e. The van der Waals surface area contributed by atoms with E-state index in [-0.39, 0.29) is 30.9 Å². The number of nitrogens with one attached hydrogen (secondary N) is 2. The van der Waals surface area contributed by atoms with E-state index in [4.69, 9.17) is 22.9 Å². The number of hydrogen-bond acceptors (Lipinski definition) is 8. The van der Waals surface area contributed by atoms with Crippen LogP contribution in [0.15, 0.2) is 54.6 Å². The highest BCUT2D eigenvalue weighted by molar-refractivity contribution is 6.33. The van der Waals surface area contributed by atoms with Crippen molar-refractivity contribution in [1.82, 2.24) is 20.4 Å². The van der Waals surface area contributed by atoms with Gasteiger partial charge < -0.3 is 15.0 Å². The number of hydrogen-bond donors (Lipinski definition) is 2. The van der Waals surface area contributed by atoms with Gasteiger partial charge in [-0.05, 0) is 117 Å². The lowest BCUT2D eigenvalue weighted by Gasteiger charge is -2.36. The molecule has 8 rings (SSSR count). The first-order valence-corrected chi connectivity index (χ1v) is 19.5. The van der Waals surface area contributed by atoms with Crippen LogP contribution in [0.5, 0.6) is 5.75 Å². The topological polar surface area (TPSA) is 133 Å². The molecule has 3 aromatic carbocycles. The molecule has 2 aliphatic carbocycles. The molecule has 1 saturated heterocycles. The highest BCUT2D eigenvalue weighted by atomic mass is 35.5. The van der Waals surface area contributed by atoms with Gasteiger partial charge in [0.05, 0.1) is 23.8 Å². The van der Waals surface area contributed by atoms with Gasteiger partial charge in [0, 0.05) is 61.0 Å². The van der Waals surface area contributed by atoms with Gasteiger partial charge in [-0.25, -0.2) is 4.85 Å². The maximum atomic E-state index is 13.3. The fourth-order valence-electron chi connectivity index (χ4n) is 8.95. The predicted octanol–water partition coefficient (Wildman–Crippen LogP) is 6.18. The summed E-state index contributed by atoms with van der Waals surface area (Å²) < 4.78 is 6.35. The van der Waals surface area contributed by atoms with Crippen LogP contribution in [-0.2, 0) is 22.7 Å². The summed E-state index contributed by atoms with van der Waals surface area (Å²) in [6, 6.07) is 16.4. The first-order valence-electron chi connectivity index (χ1n) is 19.1. The van der Waals surface area contributed by atoms with Gasteiger partial charge in [-0.2, -0.15) is 0 Å². The lowest BCUT2D eigenvalue weighted by atomic mass is 9.90.